The van der Waals surface area contributed by atoms with Crippen LogP contribution >= 0.6 is 15.9 Å². The average molecular weight is 531 g/mol. The number of rotatable bonds is 9. The second-order valence-corrected chi connectivity index (χ2v) is 8.18. The molecule has 10 nitrogen and oxygen atoms in total. The maximum atomic E-state index is 13.2. The van der Waals surface area contributed by atoms with Gasteiger partial charge in [0.05, 0.1) is 28.6 Å². The van der Waals surface area contributed by atoms with Crippen LogP contribution in [0.3, 0.4) is 0 Å². The number of hydrogen-bond donors (Lipinski definition) is 0. The van der Waals surface area contributed by atoms with Gasteiger partial charge in [-0.2, -0.15) is 9.78 Å². The van der Waals surface area contributed by atoms with Crippen molar-refractivity contribution in [2.24, 2.45) is 5.10 Å². The van der Waals surface area contributed by atoms with Crippen molar-refractivity contribution < 1.29 is 19.2 Å². The summed E-state index contributed by atoms with van der Waals surface area (Å²) in [6.07, 6.45) is 1.42. The van der Waals surface area contributed by atoms with Crippen LogP contribution in [0, 0.1) is 10.1 Å². The Morgan fingerprint density at radius 3 is 2.76 bits per heavy atom. The lowest BCUT2D eigenvalue weighted by molar-refractivity contribution is -0.386. The second-order valence-electron chi connectivity index (χ2n) is 7.27. The molecular formula is C23H23BrN4O6. The van der Waals surface area contributed by atoms with Crippen LogP contribution in [-0.2, 0) is 16.0 Å². The van der Waals surface area contributed by atoms with Crippen molar-refractivity contribution in [3.05, 3.63) is 72.7 Å². The molecule has 0 saturated carbocycles. The fourth-order valence-corrected chi connectivity index (χ4v) is 3.58. The first-order valence-corrected chi connectivity index (χ1v) is 11.4. The summed E-state index contributed by atoms with van der Waals surface area (Å²) in [5.74, 6) is -0.362. The molecule has 0 aliphatic rings. The van der Waals surface area contributed by atoms with Gasteiger partial charge in [-0.15, -0.1) is 0 Å². The minimum absolute atomic E-state index is 0.145. The Hall–Kier alpha value is -3.60. The van der Waals surface area contributed by atoms with Crippen molar-refractivity contribution in [3.8, 4) is 5.75 Å². The number of nitrogens with zero attached hydrogens (tertiary/aromatic N) is 4. The van der Waals surface area contributed by atoms with E-state index in [1.165, 1.54) is 29.9 Å². The number of aromatic nitrogens is 2. The highest BCUT2D eigenvalue weighted by molar-refractivity contribution is 9.10. The number of aryl methyl sites for hydroxylation is 1. The molecule has 0 spiro atoms. The van der Waals surface area contributed by atoms with Crippen molar-refractivity contribution in [2.75, 3.05) is 6.61 Å². The quantitative estimate of drug-likeness (QED) is 0.175. The largest absolute Gasteiger partial charge is 0.471 e. The molecule has 1 atom stereocenters. The van der Waals surface area contributed by atoms with Gasteiger partial charge in [-0.3, -0.25) is 14.9 Å². The van der Waals surface area contributed by atoms with E-state index in [1.807, 2.05) is 6.92 Å². The van der Waals surface area contributed by atoms with Crippen LogP contribution in [0.4, 0.5) is 5.69 Å². The number of benzene rings is 2. The van der Waals surface area contributed by atoms with Gasteiger partial charge in [0, 0.05) is 22.5 Å². The molecule has 0 saturated heterocycles. The van der Waals surface area contributed by atoms with Crippen LogP contribution < -0.4 is 10.3 Å². The number of para-hydroxylation sites is 1. The Balaban J connectivity index is 2.12. The standard InChI is InChI=1S/C23H23BrN4O6/c1-4-7-20-26-18-11-10-16(24)12-17(18)22(29)27(20)25-13-15-8-6-9-19(28(31)32)21(15)34-14(3)23(30)33-5-2/h6,8-14H,4-5,7H2,1-3H3/t14-/m0/s1. The van der Waals surface area contributed by atoms with Gasteiger partial charge in [-0.1, -0.05) is 28.9 Å². The third kappa shape index (κ3) is 5.48. The molecule has 0 aliphatic heterocycles. The number of esters is 1. The molecule has 3 aromatic rings. The van der Waals surface area contributed by atoms with E-state index in [4.69, 9.17) is 9.47 Å². The van der Waals surface area contributed by atoms with E-state index in [0.717, 1.165) is 10.9 Å². The molecule has 11 heteroatoms. The Labute approximate surface area is 203 Å². The normalized spacial score (nSPS) is 12.1. The second kappa shape index (κ2) is 11.0. The van der Waals surface area contributed by atoms with Crippen molar-refractivity contribution in [2.45, 2.75) is 39.7 Å². The zero-order valence-electron chi connectivity index (χ0n) is 18.9. The molecule has 0 aliphatic carbocycles. The lowest BCUT2D eigenvalue weighted by Gasteiger charge is -2.15. The van der Waals surface area contributed by atoms with E-state index >= 15 is 0 Å². The number of nitro benzene ring substituents is 1. The maximum absolute atomic E-state index is 13.2. The molecule has 1 heterocycles. The monoisotopic (exact) mass is 530 g/mol. The summed E-state index contributed by atoms with van der Waals surface area (Å²) in [4.78, 5) is 40.8. The summed E-state index contributed by atoms with van der Waals surface area (Å²) in [5.41, 5.74) is 0.0420. The molecule has 178 valence electrons. The predicted molar refractivity (Wildman–Crippen MR) is 131 cm³/mol. The number of carbonyl (C=O) groups excluding carboxylic acids is 1. The van der Waals surface area contributed by atoms with E-state index < -0.39 is 17.0 Å². The third-order valence-electron chi connectivity index (χ3n) is 4.80. The summed E-state index contributed by atoms with van der Waals surface area (Å²) >= 11 is 3.36. The van der Waals surface area contributed by atoms with E-state index in [0.29, 0.717) is 23.1 Å². The first-order valence-electron chi connectivity index (χ1n) is 10.6. The highest BCUT2D eigenvalue weighted by Gasteiger charge is 2.24. The minimum atomic E-state index is -1.09. The van der Waals surface area contributed by atoms with Gasteiger partial charge in [-0.25, -0.2) is 9.78 Å². The van der Waals surface area contributed by atoms with E-state index in [2.05, 4.69) is 26.0 Å². The topological polar surface area (TPSA) is 126 Å². The number of nitro groups is 1. The number of halogens is 1. The minimum Gasteiger partial charge on any atom is -0.471 e. The molecule has 0 N–H and O–H groups in total. The first-order chi connectivity index (χ1) is 16.3. The molecular weight excluding hydrogens is 508 g/mol. The van der Waals surface area contributed by atoms with Crippen LogP contribution in [0.25, 0.3) is 10.9 Å². The number of carbonyl (C=O) groups is 1. The van der Waals surface area contributed by atoms with Crippen molar-refractivity contribution in [3.63, 3.8) is 0 Å². The van der Waals surface area contributed by atoms with E-state index in [1.54, 1.807) is 31.2 Å². The Morgan fingerprint density at radius 2 is 2.09 bits per heavy atom. The summed E-state index contributed by atoms with van der Waals surface area (Å²) < 4.78 is 12.4. The lowest BCUT2D eigenvalue weighted by atomic mass is 10.2. The Kier molecular flexibility index (Phi) is 8.11. The zero-order valence-corrected chi connectivity index (χ0v) is 20.4. The molecule has 2 aromatic carbocycles. The van der Waals surface area contributed by atoms with Crippen LogP contribution in [0.2, 0.25) is 0 Å². The highest BCUT2D eigenvalue weighted by atomic mass is 79.9. The van der Waals surface area contributed by atoms with Crippen LogP contribution in [0.15, 0.2) is 50.8 Å². The number of hydrogen-bond acceptors (Lipinski definition) is 8. The summed E-state index contributed by atoms with van der Waals surface area (Å²) in [6, 6.07) is 9.47. The summed E-state index contributed by atoms with van der Waals surface area (Å²) in [7, 11) is 0. The predicted octanol–water partition coefficient (Wildman–Crippen LogP) is 4.23. The van der Waals surface area contributed by atoms with Gasteiger partial charge in [0.2, 0.25) is 5.75 Å². The molecule has 1 aromatic heterocycles. The van der Waals surface area contributed by atoms with E-state index in [-0.39, 0.29) is 29.2 Å². The summed E-state index contributed by atoms with van der Waals surface area (Å²) in [6.45, 7) is 5.18. The van der Waals surface area contributed by atoms with Gasteiger partial charge >= 0.3 is 11.7 Å². The Bertz CT molecular complexity index is 1320. The molecule has 3 rings (SSSR count). The number of ether oxygens (including phenoxy) is 2. The summed E-state index contributed by atoms with van der Waals surface area (Å²) in [5, 5.41) is 16.3. The fraction of sp³-hybridized carbons (Fsp3) is 0.304. The van der Waals surface area contributed by atoms with E-state index in [9.17, 15) is 19.7 Å². The first kappa shape index (κ1) is 25.0. The highest BCUT2D eigenvalue weighted by Crippen LogP contribution is 2.31. The van der Waals surface area contributed by atoms with Crippen LogP contribution in [0.5, 0.6) is 5.75 Å². The third-order valence-corrected chi connectivity index (χ3v) is 5.29. The fourth-order valence-electron chi connectivity index (χ4n) is 3.22. The van der Waals surface area contributed by atoms with Gasteiger partial charge in [-0.05, 0) is 44.5 Å². The van der Waals surface area contributed by atoms with Crippen LogP contribution in [-0.4, -0.2) is 39.5 Å². The van der Waals surface area contributed by atoms with Crippen molar-refractivity contribution >= 4 is 44.7 Å². The lowest BCUT2D eigenvalue weighted by Crippen LogP contribution is -2.27. The molecule has 0 unspecified atom stereocenters. The van der Waals surface area contributed by atoms with Gasteiger partial charge in [0.1, 0.15) is 5.82 Å². The van der Waals surface area contributed by atoms with Gasteiger partial charge < -0.3 is 9.47 Å². The molecule has 0 fully saturated rings. The Morgan fingerprint density at radius 1 is 1.32 bits per heavy atom. The molecule has 0 bridgehead atoms. The van der Waals surface area contributed by atoms with Crippen molar-refractivity contribution in [1.29, 1.82) is 0 Å². The molecule has 34 heavy (non-hydrogen) atoms. The molecule has 0 radical (unpaired) electrons. The van der Waals surface area contributed by atoms with Gasteiger partial charge in [0.25, 0.3) is 5.56 Å². The van der Waals surface area contributed by atoms with Gasteiger partial charge in [0.15, 0.2) is 6.10 Å². The van der Waals surface area contributed by atoms with Crippen LogP contribution in [0.1, 0.15) is 38.6 Å². The van der Waals surface area contributed by atoms with Crippen molar-refractivity contribution in [1.82, 2.24) is 9.66 Å². The average Bonchev–Trinajstić information content (AvgIpc) is 2.80. The molecule has 0 amide bonds. The zero-order chi connectivity index (χ0) is 24.8. The number of fused-ring (bicyclic) bond motifs is 1. The smallest absolute Gasteiger partial charge is 0.347 e. The maximum Gasteiger partial charge on any atom is 0.347 e. The SMILES string of the molecule is CCCc1nc2ccc(Br)cc2c(=O)n1N=Cc1cccc([N+](=O)[O-])c1O[C@@H](C)C(=O)OCC.